The van der Waals surface area contributed by atoms with Crippen molar-refractivity contribution < 1.29 is 0 Å². The number of benzene rings is 1. The van der Waals surface area contributed by atoms with Gasteiger partial charge in [0.15, 0.2) is 0 Å². The number of anilines is 1. The predicted molar refractivity (Wildman–Crippen MR) is 86.1 cm³/mol. The van der Waals surface area contributed by atoms with Crippen molar-refractivity contribution in [1.29, 1.82) is 0 Å². The Labute approximate surface area is 125 Å². The molecule has 0 spiro atoms. The van der Waals surface area contributed by atoms with Crippen molar-refractivity contribution in [2.24, 2.45) is 5.73 Å². The van der Waals surface area contributed by atoms with E-state index in [-0.39, 0.29) is 0 Å². The molecular weight excluding hydrogens is 278 g/mol. The van der Waals surface area contributed by atoms with E-state index in [9.17, 15) is 0 Å². The first kappa shape index (κ1) is 14.6. The summed E-state index contributed by atoms with van der Waals surface area (Å²) in [5.74, 6) is 0. The Morgan fingerprint density at radius 2 is 2.26 bits per heavy atom. The lowest BCUT2D eigenvalue weighted by atomic mass is 10.1. The maximum atomic E-state index is 6.03. The summed E-state index contributed by atoms with van der Waals surface area (Å²) in [5, 5.41) is 4.09. The first-order valence-electron chi connectivity index (χ1n) is 6.54. The lowest BCUT2D eigenvalue weighted by Gasteiger charge is -2.25. The molecule has 0 aromatic heterocycles. The van der Waals surface area contributed by atoms with E-state index in [1.807, 2.05) is 12.1 Å². The van der Waals surface area contributed by atoms with Gasteiger partial charge in [-0.25, -0.2) is 0 Å². The molecule has 1 saturated carbocycles. The van der Waals surface area contributed by atoms with Crippen LogP contribution >= 0.6 is 23.8 Å². The average Bonchev–Trinajstić information content (AvgIpc) is 3.18. The number of nitrogens with zero attached hydrogens (tertiary/aromatic N) is 1. The van der Waals surface area contributed by atoms with Crippen LogP contribution in [0.2, 0.25) is 5.02 Å². The Bertz CT molecular complexity index is 474. The first-order valence-corrected chi connectivity index (χ1v) is 7.33. The summed E-state index contributed by atoms with van der Waals surface area (Å²) in [4.78, 5) is 2.81. The second-order valence-corrected chi connectivity index (χ2v) is 6.06. The molecule has 2 rings (SSSR count). The van der Waals surface area contributed by atoms with Gasteiger partial charge in [-0.05, 0) is 45.0 Å². The zero-order valence-electron chi connectivity index (χ0n) is 11.3. The zero-order chi connectivity index (χ0) is 14.0. The summed E-state index contributed by atoms with van der Waals surface area (Å²) in [6, 6.07) is 6.76. The molecule has 1 aromatic rings. The van der Waals surface area contributed by atoms with Crippen LogP contribution in [0.5, 0.6) is 0 Å². The summed E-state index contributed by atoms with van der Waals surface area (Å²) in [6.07, 6.45) is 2.63. The summed E-state index contributed by atoms with van der Waals surface area (Å²) >= 11 is 11.1. The van der Waals surface area contributed by atoms with Crippen LogP contribution in [0.15, 0.2) is 18.2 Å². The number of nitrogens with two attached hydrogens (primary N) is 1. The highest BCUT2D eigenvalue weighted by molar-refractivity contribution is 7.80. The molecule has 0 heterocycles. The summed E-state index contributed by atoms with van der Waals surface area (Å²) in [5.41, 5.74) is 7.49. The van der Waals surface area contributed by atoms with Crippen LogP contribution in [0, 0.1) is 0 Å². The smallest absolute Gasteiger partial charge is 0.106 e. The lowest BCUT2D eigenvalue weighted by molar-refractivity contribution is 0.257. The largest absolute Gasteiger partial charge is 0.389 e. The standard InChI is InChI=1S/C14H20ClN3S/c1-9(18(2)11-4-5-11)8-17-13-7-10(15)3-6-12(13)14(16)19/h3,6-7,9,11,17H,4-5,8H2,1-2H3,(H2,16,19). The minimum Gasteiger partial charge on any atom is -0.389 e. The molecule has 3 N–H and O–H groups in total. The van der Waals surface area contributed by atoms with Crippen molar-refractivity contribution in [2.75, 3.05) is 18.9 Å². The van der Waals surface area contributed by atoms with Crippen molar-refractivity contribution in [1.82, 2.24) is 4.90 Å². The molecule has 1 unspecified atom stereocenters. The second-order valence-electron chi connectivity index (χ2n) is 5.18. The monoisotopic (exact) mass is 297 g/mol. The third kappa shape index (κ3) is 3.81. The first-order chi connectivity index (χ1) is 8.99. The van der Waals surface area contributed by atoms with E-state index in [0.717, 1.165) is 23.8 Å². The van der Waals surface area contributed by atoms with E-state index >= 15 is 0 Å². The van der Waals surface area contributed by atoms with E-state index in [1.54, 1.807) is 6.07 Å². The van der Waals surface area contributed by atoms with Gasteiger partial charge in [0, 0.05) is 34.9 Å². The Hall–Kier alpha value is -0.840. The molecule has 3 nitrogen and oxygen atoms in total. The molecule has 0 bridgehead atoms. The fourth-order valence-electron chi connectivity index (χ4n) is 2.12. The van der Waals surface area contributed by atoms with E-state index in [1.165, 1.54) is 12.8 Å². The van der Waals surface area contributed by atoms with E-state index in [4.69, 9.17) is 29.6 Å². The molecular formula is C14H20ClN3S. The number of hydrogen-bond donors (Lipinski definition) is 2. The normalized spacial score (nSPS) is 16.4. The average molecular weight is 298 g/mol. The Kier molecular flexibility index (Phi) is 4.66. The van der Waals surface area contributed by atoms with Crippen LogP contribution in [0.4, 0.5) is 5.69 Å². The van der Waals surface area contributed by atoms with Gasteiger partial charge in [-0.1, -0.05) is 23.8 Å². The maximum absolute atomic E-state index is 6.03. The molecule has 19 heavy (non-hydrogen) atoms. The van der Waals surface area contributed by atoms with Crippen LogP contribution in [-0.4, -0.2) is 35.6 Å². The SMILES string of the molecule is CC(CNc1cc(Cl)ccc1C(N)=S)N(C)C1CC1. The van der Waals surface area contributed by atoms with Gasteiger partial charge in [0.25, 0.3) is 0 Å². The third-order valence-corrected chi connectivity index (χ3v) is 4.11. The lowest BCUT2D eigenvalue weighted by Crippen LogP contribution is -2.36. The van der Waals surface area contributed by atoms with E-state index in [0.29, 0.717) is 16.1 Å². The highest BCUT2D eigenvalue weighted by Crippen LogP contribution is 2.27. The van der Waals surface area contributed by atoms with Crippen molar-refractivity contribution in [3.05, 3.63) is 28.8 Å². The molecule has 0 amide bonds. The van der Waals surface area contributed by atoms with Gasteiger partial charge < -0.3 is 11.1 Å². The molecule has 1 aliphatic rings. The Morgan fingerprint density at radius 1 is 1.58 bits per heavy atom. The molecule has 1 fully saturated rings. The zero-order valence-corrected chi connectivity index (χ0v) is 12.9. The van der Waals surface area contributed by atoms with E-state index < -0.39 is 0 Å². The van der Waals surface area contributed by atoms with Crippen LogP contribution in [0.1, 0.15) is 25.3 Å². The fourth-order valence-corrected chi connectivity index (χ4v) is 2.47. The molecule has 104 valence electrons. The molecule has 1 aliphatic carbocycles. The highest BCUT2D eigenvalue weighted by atomic mass is 35.5. The van der Waals surface area contributed by atoms with Gasteiger partial charge in [0.2, 0.25) is 0 Å². The number of likely N-dealkylation sites (N-methyl/N-ethyl adjacent to an activating group) is 1. The number of thiocarbonyl (C=S) groups is 1. The summed E-state index contributed by atoms with van der Waals surface area (Å²) in [6.45, 7) is 3.07. The molecule has 0 radical (unpaired) electrons. The van der Waals surface area contributed by atoms with Gasteiger partial charge in [-0.3, -0.25) is 4.90 Å². The Morgan fingerprint density at radius 3 is 2.84 bits per heavy atom. The van der Waals surface area contributed by atoms with Crippen molar-refractivity contribution in [3.63, 3.8) is 0 Å². The van der Waals surface area contributed by atoms with Gasteiger partial charge in [0.1, 0.15) is 4.99 Å². The van der Waals surface area contributed by atoms with Gasteiger partial charge >= 0.3 is 0 Å². The quantitative estimate of drug-likeness (QED) is 0.792. The molecule has 0 aliphatic heterocycles. The number of rotatable bonds is 6. The molecule has 1 atom stereocenters. The molecule has 0 saturated heterocycles. The van der Waals surface area contributed by atoms with Crippen LogP contribution in [0.25, 0.3) is 0 Å². The minimum atomic E-state index is 0.391. The van der Waals surface area contributed by atoms with Crippen LogP contribution in [-0.2, 0) is 0 Å². The topological polar surface area (TPSA) is 41.3 Å². The third-order valence-electron chi connectivity index (χ3n) is 3.65. The second kappa shape index (κ2) is 6.07. The summed E-state index contributed by atoms with van der Waals surface area (Å²) in [7, 11) is 2.18. The van der Waals surface area contributed by atoms with Crippen molar-refractivity contribution in [3.8, 4) is 0 Å². The molecule has 1 aromatic carbocycles. The Balaban J connectivity index is 2.01. The minimum absolute atomic E-state index is 0.391. The van der Waals surface area contributed by atoms with E-state index in [2.05, 4.69) is 24.2 Å². The van der Waals surface area contributed by atoms with Gasteiger partial charge in [0.05, 0.1) is 0 Å². The summed E-state index contributed by atoms with van der Waals surface area (Å²) < 4.78 is 0. The van der Waals surface area contributed by atoms with Crippen molar-refractivity contribution in [2.45, 2.75) is 31.8 Å². The number of halogens is 1. The van der Waals surface area contributed by atoms with Gasteiger partial charge in [-0.15, -0.1) is 0 Å². The highest BCUT2D eigenvalue weighted by Gasteiger charge is 2.28. The van der Waals surface area contributed by atoms with Crippen LogP contribution in [0.3, 0.4) is 0 Å². The fraction of sp³-hybridized carbons (Fsp3) is 0.500. The van der Waals surface area contributed by atoms with Crippen LogP contribution < -0.4 is 11.1 Å². The predicted octanol–water partition coefficient (Wildman–Crippen LogP) is 2.87. The van der Waals surface area contributed by atoms with Gasteiger partial charge in [-0.2, -0.15) is 0 Å². The molecule has 5 heteroatoms. The number of nitrogens with one attached hydrogen (secondary N) is 1. The maximum Gasteiger partial charge on any atom is 0.106 e. The number of hydrogen-bond acceptors (Lipinski definition) is 3. The van der Waals surface area contributed by atoms with Crippen molar-refractivity contribution >= 4 is 34.5 Å².